The number of carbonyl (C=O) groups excluding carboxylic acids is 3. The number of rotatable bonds is 5. The van der Waals surface area contributed by atoms with Crippen LogP contribution in [0.2, 0.25) is 0 Å². The van der Waals surface area contributed by atoms with Gasteiger partial charge in [0.25, 0.3) is 0 Å². The largest absolute Gasteiger partial charge is 0.497 e. The normalized spacial score (nSPS) is 23.3. The summed E-state index contributed by atoms with van der Waals surface area (Å²) in [5.74, 6) is -1.24. The van der Waals surface area contributed by atoms with E-state index in [0.717, 1.165) is 33.5 Å². The lowest BCUT2D eigenvalue weighted by atomic mass is 9.64. The van der Waals surface area contributed by atoms with Gasteiger partial charge in [-0.15, -0.1) is 0 Å². The number of nitrogens with zero attached hydrogens (tertiary/aromatic N) is 1. The number of para-hydroxylation sites is 1. The number of anilines is 2. The first-order valence-electron chi connectivity index (χ1n) is 14.5. The van der Waals surface area contributed by atoms with Crippen LogP contribution in [0.1, 0.15) is 49.9 Å². The fraction of sp³-hybridized carbons (Fsp3) is 0.216. The number of benzene rings is 4. The minimum Gasteiger partial charge on any atom is -0.497 e. The molecule has 1 N–H and O–H groups in total. The molecule has 6 nitrogen and oxygen atoms in total. The molecule has 0 saturated carbocycles. The molecule has 214 valence electrons. The van der Waals surface area contributed by atoms with E-state index in [-0.39, 0.29) is 17.5 Å². The van der Waals surface area contributed by atoms with Gasteiger partial charge >= 0.3 is 0 Å². The third-order valence-corrected chi connectivity index (χ3v) is 9.37. The van der Waals surface area contributed by atoms with Crippen LogP contribution < -0.4 is 15.0 Å². The number of carbonyl (C=O) groups is 3. The number of allylic oxidation sites excluding steroid dienone is 1. The fourth-order valence-corrected chi connectivity index (χ4v) is 7.39. The van der Waals surface area contributed by atoms with E-state index in [9.17, 15) is 14.4 Å². The second kappa shape index (κ2) is 9.80. The topological polar surface area (TPSA) is 75.7 Å². The van der Waals surface area contributed by atoms with Gasteiger partial charge in [0.1, 0.15) is 17.2 Å². The molecule has 0 unspecified atom stereocenters. The summed E-state index contributed by atoms with van der Waals surface area (Å²) in [7, 11) is 1.55. The number of methoxy groups -OCH3 is 1. The van der Waals surface area contributed by atoms with Gasteiger partial charge in [-0.25, -0.2) is 0 Å². The third kappa shape index (κ3) is 3.82. The second-order valence-electron chi connectivity index (χ2n) is 11.8. The van der Waals surface area contributed by atoms with Crippen LogP contribution in [0.15, 0.2) is 97.1 Å². The predicted octanol–water partition coefficient (Wildman–Crippen LogP) is 6.56. The predicted molar refractivity (Wildman–Crippen MR) is 168 cm³/mol. The summed E-state index contributed by atoms with van der Waals surface area (Å²) in [6, 6.07) is 26.6. The molecule has 0 bridgehead atoms. The summed E-state index contributed by atoms with van der Waals surface area (Å²) in [4.78, 5) is 46.4. The van der Waals surface area contributed by atoms with Crippen molar-refractivity contribution in [3.63, 3.8) is 0 Å². The van der Waals surface area contributed by atoms with Gasteiger partial charge in [-0.2, -0.15) is 0 Å². The Hall–Kier alpha value is -4.97. The number of ether oxygens (including phenoxy) is 1. The van der Waals surface area contributed by atoms with Crippen LogP contribution in [0.25, 0.3) is 5.57 Å². The van der Waals surface area contributed by atoms with Crippen molar-refractivity contribution in [1.29, 1.82) is 0 Å². The van der Waals surface area contributed by atoms with E-state index in [0.29, 0.717) is 22.6 Å². The summed E-state index contributed by atoms with van der Waals surface area (Å²) >= 11 is 0. The molecule has 4 aromatic carbocycles. The molecule has 4 aromatic rings. The Kier molecular flexibility index (Phi) is 6.13. The van der Waals surface area contributed by atoms with Gasteiger partial charge in [0, 0.05) is 28.1 Å². The van der Waals surface area contributed by atoms with Gasteiger partial charge < -0.3 is 15.0 Å². The standard InChI is InChI=1S/C37H32N2O4/c1-21-12-15-24(16-13-21)35(41)33-32(34(40)25-8-7-9-26(20-25)43-4)37(28-10-5-6-11-29(28)38-36(37)42)31-19-23(3)27-18-22(2)14-17-30(27)39(31)33/h5-20,31-33H,1-4H3,(H,38,42)/t31-,32-,33+,37-/m1/s1. The quantitative estimate of drug-likeness (QED) is 0.276. The first kappa shape index (κ1) is 26.9. The highest BCUT2D eigenvalue weighted by molar-refractivity contribution is 6.18. The smallest absolute Gasteiger partial charge is 0.238 e. The molecule has 3 aliphatic heterocycles. The van der Waals surface area contributed by atoms with Crippen LogP contribution in [0.5, 0.6) is 5.75 Å². The van der Waals surface area contributed by atoms with Crippen molar-refractivity contribution < 1.29 is 19.1 Å². The number of hydrogen-bond acceptors (Lipinski definition) is 5. The molecule has 3 heterocycles. The van der Waals surface area contributed by atoms with E-state index in [1.54, 1.807) is 31.4 Å². The number of amides is 1. The molecule has 0 radical (unpaired) electrons. The van der Waals surface area contributed by atoms with Gasteiger partial charge in [-0.3, -0.25) is 14.4 Å². The molecular weight excluding hydrogens is 536 g/mol. The van der Waals surface area contributed by atoms with Crippen LogP contribution in [0.3, 0.4) is 0 Å². The SMILES string of the molecule is COc1cccc(C(=O)[C@H]2[C@@H](C(=O)c3ccc(C)cc3)N3c4ccc(C)cc4C(C)=C[C@@H]3[C@@]23C(=O)Nc2ccccc23)c1. The zero-order valence-electron chi connectivity index (χ0n) is 24.5. The van der Waals surface area contributed by atoms with E-state index in [1.165, 1.54) is 0 Å². The molecule has 6 heteroatoms. The molecule has 7 rings (SSSR count). The molecule has 0 aromatic heterocycles. The van der Waals surface area contributed by atoms with Gasteiger partial charge in [-0.05, 0) is 62.2 Å². The molecular formula is C37H32N2O4. The van der Waals surface area contributed by atoms with Gasteiger partial charge in [0.2, 0.25) is 5.91 Å². The van der Waals surface area contributed by atoms with Crippen molar-refractivity contribution in [2.75, 3.05) is 17.3 Å². The van der Waals surface area contributed by atoms with Crippen molar-refractivity contribution in [1.82, 2.24) is 0 Å². The Morgan fingerprint density at radius 3 is 2.33 bits per heavy atom. The van der Waals surface area contributed by atoms with E-state index in [4.69, 9.17) is 4.74 Å². The van der Waals surface area contributed by atoms with Crippen molar-refractivity contribution in [3.05, 3.63) is 130 Å². The average Bonchev–Trinajstić information content (AvgIpc) is 3.49. The number of ketones is 2. The number of fused-ring (bicyclic) bond motifs is 6. The molecule has 43 heavy (non-hydrogen) atoms. The molecule has 1 fully saturated rings. The molecule has 1 saturated heterocycles. The monoisotopic (exact) mass is 568 g/mol. The Bertz CT molecular complexity index is 1860. The zero-order chi connectivity index (χ0) is 30.0. The molecule has 1 spiro atoms. The third-order valence-electron chi connectivity index (χ3n) is 9.37. The highest BCUT2D eigenvalue weighted by Gasteiger charge is 2.70. The van der Waals surface area contributed by atoms with Gasteiger partial charge in [0.05, 0.1) is 19.1 Å². The highest BCUT2D eigenvalue weighted by atomic mass is 16.5. The zero-order valence-corrected chi connectivity index (χ0v) is 24.5. The average molecular weight is 569 g/mol. The molecule has 4 atom stereocenters. The molecule has 3 aliphatic rings. The summed E-state index contributed by atoms with van der Waals surface area (Å²) in [6.45, 7) is 6.05. The lowest BCUT2D eigenvalue weighted by Gasteiger charge is -2.39. The molecule has 0 aliphatic carbocycles. The Balaban J connectivity index is 1.55. The summed E-state index contributed by atoms with van der Waals surface area (Å²) < 4.78 is 5.46. The first-order chi connectivity index (χ1) is 20.7. The van der Waals surface area contributed by atoms with Gasteiger partial charge in [0.15, 0.2) is 11.6 Å². The minimum absolute atomic E-state index is 0.195. The number of hydrogen-bond donors (Lipinski definition) is 1. The van der Waals surface area contributed by atoms with Crippen LogP contribution in [-0.2, 0) is 10.2 Å². The number of aryl methyl sites for hydroxylation is 2. The van der Waals surface area contributed by atoms with Crippen LogP contribution >= 0.6 is 0 Å². The van der Waals surface area contributed by atoms with Crippen molar-refractivity contribution in [2.24, 2.45) is 5.92 Å². The summed E-state index contributed by atoms with van der Waals surface area (Å²) in [6.07, 6.45) is 2.08. The Labute approximate surface area is 251 Å². The molecule has 1 amide bonds. The van der Waals surface area contributed by atoms with Gasteiger partial charge in [-0.1, -0.05) is 77.9 Å². The first-order valence-corrected chi connectivity index (χ1v) is 14.5. The van der Waals surface area contributed by atoms with E-state index in [2.05, 4.69) is 17.5 Å². The van der Waals surface area contributed by atoms with Crippen LogP contribution in [0.4, 0.5) is 11.4 Å². The fourth-order valence-electron chi connectivity index (χ4n) is 7.39. The maximum Gasteiger partial charge on any atom is 0.238 e. The number of Topliss-reactive ketones (excluding diaryl/α,β-unsaturated/α-hetero) is 2. The minimum atomic E-state index is -1.36. The maximum atomic E-state index is 15.0. The summed E-state index contributed by atoms with van der Waals surface area (Å²) in [5.41, 5.74) is 5.91. The Morgan fingerprint density at radius 2 is 1.56 bits per heavy atom. The van der Waals surface area contributed by atoms with Crippen molar-refractivity contribution >= 4 is 34.4 Å². The summed E-state index contributed by atoms with van der Waals surface area (Å²) in [5, 5.41) is 3.09. The maximum absolute atomic E-state index is 15.0. The van der Waals surface area contributed by atoms with E-state index in [1.807, 2.05) is 86.3 Å². The lowest BCUT2D eigenvalue weighted by Crippen LogP contribution is -2.51. The van der Waals surface area contributed by atoms with E-state index < -0.39 is 23.4 Å². The highest BCUT2D eigenvalue weighted by Crippen LogP contribution is 2.59. The second-order valence-corrected chi connectivity index (χ2v) is 11.8. The number of nitrogens with one attached hydrogen (secondary N) is 1. The van der Waals surface area contributed by atoms with E-state index >= 15 is 0 Å². The van der Waals surface area contributed by atoms with Crippen LogP contribution in [-0.4, -0.2) is 36.7 Å². The van der Waals surface area contributed by atoms with Crippen molar-refractivity contribution in [3.8, 4) is 5.75 Å². The van der Waals surface area contributed by atoms with Crippen molar-refractivity contribution in [2.45, 2.75) is 38.3 Å². The van der Waals surface area contributed by atoms with Crippen LogP contribution in [0, 0.1) is 19.8 Å². The Morgan fingerprint density at radius 1 is 0.814 bits per heavy atom. The lowest BCUT2D eigenvalue weighted by molar-refractivity contribution is -0.121.